The lowest BCUT2D eigenvalue weighted by molar-refractivity contribution is 0.410. The molecule has 0 aliphatic rings. The summed E-state index contributed by atoms with van der Waals surface area (Å²) >= 11 is 6.21. The van der Waals surface area contributed by atoms with E-state index in [4.69, 9.17) is 11.6 Å². The van der Waals surface area contributed by atoms with Crippen molar-refractivity contribution in [2.75, 3.05) is 0 Å². The van der Waals surface area contributed by atoms with Gasteiger partial charge < -0.3 is 5.11 Å². The van der Waals surface area contributed by atoms with Crippen LogP contribution in [0.25, 0.3) is 11.1 Å². The van der Waals surface area contributed by atoms with Gasteiger partial charge in [-0.15, -0.1) is 0 Å². The lowest BCUT2D eigenvalue weighted by Crippen LogP contribution is -2.09. The van der Waals surface area contributed by atoms with Crippen LogP contribution in [0.15, 0.2) is 42.5 Å². The molecule has 0 saturated heterocycles. The average molecular weight is 275 g/mol. The third-order valence-corrected chi connectivity index (χ3v) is 3.29. The fourth-order valence-corrected chi connectivity index (χ4v) is 2.44. The van der Waals surface area contributed by atoms with Gasteiger partial charge in [0.15, 0.2) is 0 Å². The fourth-order valence-electron chi connectivity index (χ4n) is 2.20. The van der Waals surface area contributed by atoms with Crippen LogP contribution < -0.4 is 0 Å². The van der Waals surface area contributed by atoms with Crippen molar-refractivity contribution in [2.45, 2.75) is 27.2 Å². The Bertz CT molecular complexity index is 582. The molecule has 0 unspecified atom stereocenters. The van der Waals surface area contributed by atoms with E-state index in [0.717, 1.165) is 17.5 Å². The van der Waals surface area contributed by atoms with Gasteiger partial charge in [0.2, 0.25) is 0 Å². The van der Waals surface area contributed by atoms with Gasteiger partial charge in [-0.2, -0.15) is 0 Å². The molecule has 2 aromatic carbocycles. The van der Waals surface area contributed by atoms with Crippen molar-refractivity contribution in [1.82, 2.24) is 0 Å². The van der Waals surface area contributed by atoms with Gasteiger partial charge in [0.05, 0.1) is 0 Å². The molecule has 19 heavy (non-hydrogen) atoms. The van der Waals surface area contributed by atoms with Gasteiger partial charge in [-0.1, -0.05) is 56.6 Å². The Morgan fingerprint density at radius 2 is 1.68 bits per heavy atom. The van der Waals surface area contributed by atoms with Crippen LogP contribution in [0, 0.1) is 5.41 Å². The van der Waals surface area contributed by atoms with Gasteiger partial charge in [-0.25, -0.2) is 0 Å². The normalized spacial score (nSPS) is 11.6. The Kier molecular flexibility index (Phi) is 3.86. The molecule has 0 bridgehead atoms. The van der Waals surface area contributed by atoms with E-state index in [1.54, 1.807) is 6.07 Å². The number of benzene rings is 2. The van der Waals surface area contributed by atoms with Crippen LogP contribution in [0.5, 0.6) is 5.75 Å². The van der Waals surface area contributed by atoms with Gasteiger partial charge in [0.25, 0.3) is 0 Å². The second-order valence-corrected chi connectivity index (χ2v) is 6.48. The lowest BCUT2D eigenvalue weighted by Gasteiger charge is -2.19. The number of hydrogen-bond donors (Lipinski definition) is 1. The lowest BCUT2D eigenvalue weighted by atomic mass is 9.87. The van der Waals surface area contributed by atoms with Gasteiger partial charge in [0.1, 0.15) is 5.75 Å². The summed E-state index contributed by atoms with van der Waals surface area (Å²) < 4.78 is 0. The Morgan fingerprint density at radius 1 is 1.00 bits per heavy atom. The highest BCUT2D eigenvalue weighted by atomic mass is 35.5. The number of aromatic hydroxyl groups is 1. The molecule has 0 amide bonds. The number of halogens is 1. The van der Waals surface area contributed by atoms with Crippen LogP contribution in [0.3, 0.4) is 0 Å². The van der Waals surface area contributed by atoms with Crippen molar-refractivity contribution in [3.05, 3.63) is 53.1 Å². The van der Waals surface area contributed by atoms with E-state index in [1.165, 1.54) is 5.56 Å². The molecule has 1 N–H and O–H groups in total. The monoisotopic (exact) mass is 274 g/mol. The Hall–Kier alpha value is -1.47. The Balaban J connectivity index is 2.46. The summed E-state index contributed by atoms with van der Waals surface area (Å²) in [6.07, 6.45) is 0.963. The molecule has 0 heterocycles. The van der Waals surface area contributed by atoms with E-state index in [1.807, 2.05) is 36.4 Å². The minimum atomic E-state index is 0.217. The summed E-state index contributed by atoms with van der Waals surface area (Å²) in [7, 11) is 0. The molecule has 0 radical (unpaired) electrons. The number of rotatable bonds is 2. The number of phenolic OH excluding ortho intramolecular Hbond substituents is 1. The smallest absolute Gasteiger partial charge is 0.123 e. The summed E-state index contributed by atoms with van der Waals surface area (Å²) in [5, 5.41) is 10.7. The largest absolute Gasteiger partial charge is 0.507 e. The third kappa shape index (κ3) is 3.51. The first-order valence-corrected chi connectivity index (χ1v) is 6.81. The van der Waals surface area contributed by atoms with Crippen molar-refractivity contribution < 1.29 is 5.11 Å². The maximum Gasteiger partial charge on any atom is 0.123 e. The molecule has 0 aliphatic heterocycles. The summed E-state index contributed by atoms with van der Waals surface area (Å²) in [6.45, 7) is 6.61. The molecule has 1 nitrogen and oxygen atoms in total. The zero-order chi connectivity index (χ0) is 14.0. The van der Waals surface area contributed by atoms with E-state index in [9.17, 15) is 5.11 Å². The predicted molar refractivity (Wildman–Crippen MR) is 81.7 cm³/mol. The molecule has 0 saturated carbocycles. The van der Waals surface area contributed by atoms with Crippen molar-refractivity contribution in [3.63, 3.8) is 0 Å². The Morgan fingerprint density at radius 3 is 2.32 bits per heavy atom. The molecule has 0 aliphatic carbocycles. The molecular weight excluding hydrogens is 256 g/mol. The van der Waals surface area contributed by atoms with Crippen LogP contribution in [-0.4, -0.2) is 5.11 Å². The maximum absolute atomic E-state index is 10.1. The highest BCUT2D eigenvalue weighted by Gasteiger charge is 2.14. The second-order valence-electron chi connectivity index (χ2n) is 6.07. The predicted octanol–water partition coefficient (Wildman–Crippen LogP) is 5.30. The first-order valence-electron chi connectivity index (χ1n) is 6.44. The van der Waals surface area contributed by atoms with Gasteiger partial charge in [-0.3, -0.25) is 0 Å². The molecule has 2 rings (SSSR count). The molecular formula is C17H19ClO. The molecule has 0 spiro atoms. The van der Waals surface area contributed by atoms with E-state index >= 15 is 0 Å². The standard InChI is InChI=1S/C17H19ClO/c1-17(2,3)11-12-8-9-16(19)14(10-12)13-6-4-5-7-15(13)18/h4-10,19H,11H2,1-3H3. The quantitative estimate of drug-likeness (QED) is 0.788. The van der Waals surface area contributed by atoms with Crippen LogP contribution in [0.4, 0.5) is 0 Å². The fraction of sp³-hybridized carbons (Fsp3) is 0.294. The van der Waals surface area contributed by atoms with Crippen molar-refractivity contribution in [1.29, 1.82) is 0 Å². The number of phenols is 1. The summed E-state index contributed by atoms with van der Waals surface area (Å²) in [4.78, 5) is 0. The second kappa shape index (κ2) is 5.26. The molecule has 0 atom stereocenters. The zero-order valence-corrected chi connectivity index (χ0v) is 12.3. The van der Waals surface area contributed by atoms with Gasteiger partial charge >= 0.3 is 0 Å². The van der Waals surface area contributed by atoms with Crippen molar-refractivity contribution in [2.24, 2.45) is 5.41 Å². The highest BCUT2D eigenvalue weighted by molar-refractivity contribution is 6.33. The van der Waals surface area contributed by atoms with E-state index in [-0.39, 0.29) is 11.2 Å². The SMILES string of the molecule is CC(C)(C)Cc1ccc(O)c(-c2ccccc2Cl)c1. The van der Waals surface area contributed by atoms with Crippen molar-refractivity contribution >= 4 is 11.6 Å². The molecule has 2 heteroatoms. The van der Waals surface area contributed by atoms with Crippen LogP contribution in [-0.2, 0) is 6.42 Å². The first-order chi connectivity index (χ1) is 8.87. The third-order valence-electron chi connectivity index (χ3n) is 2.96. The summed E-state index contributed by atoms with van der Waals surface area (Å²) in [5.74, 6) is 0.269. The zero-order valence-electron chi connectivity index (χ0n) is 11.6. The number of hydrogen-bond acceptors (Lipinski definition) is 1. The molecule has 0 aromatic heterocycles. The van der Waals surface area contributed by atoms with Crippen molar-refractivity contribution in [3.8, 4) is 16.9 Å². The first kappa shape index (κ1) is 14.0. The highest BCUT2D eigenvalue weighted by Crippen LogP contribution is 2.35. The molecule has 0 fully saturated rings. The van der Waals surface area contributed by atoms with E-state index in [0.29, 0.717) is 5.02 Å². The van der Waals surface area contributed by atoms with E-state index in [2.05, 4.69) is 20.8 Å². The van der Waals surface area contributed by atoms with Gasteiger partial charge in [-0.05, 0) is 35.6 Å². The minimum absolute atomic E-state index is 0.217. The summed E-state index contributed by atoms with van der Waals surface area (Å²) in [5.41, 5.74) is 3.10. The van der Waals surface area contributed by atoms with Crippen LogP contribution in [0.2, 0.25) is 5.02 Å². The van der Waals surface area contributed by atoms with Crippen LogP contribution in [0.1, 0.15) is 26.3 Å². The van der Waals surface area contributed by atoms with Crippen LogP contribution >= 0.6 is 11.6 Å². The molecule has 2 aromatic rings. The minimum Gasteiger partial charge on any atom is -0.507 e. The van der Waals surface area contributed by atoms with E-state index < -0.39 is 0 Å². The average Bonchev–Trinajstić information content (AvgIpc) is 2.31. The summed E-state index contributed by atoms with van der Waals surface area (Å²) in [6, 6.07) is 13.3. The Labute approximate surface area is 119 Å². The maximum atomic E-state index is 10.1. The van der Waals surface area contributed by atoms with Gasteiger partial charge in [0, 0.05) is 16.1 Å². The topological polar surface area (TPSA) is 20.2 Å². The molecule has 100 valence electrons.